The minimum atomic E-state index is -0.814. The highest BCUT2D eigenvalue weighted by molar-refractivity contribution is 5.71. The molecule has 35 heavy (non-hydrogen) atoms. The molecule has 0 saturated carbocycles. The summed E-state index contributed by atoms with van der Waals surface area (Å²) in [6.07, 6.45) is 9.14. The average Bonchev–Trinajstić information content (AvgIpc) is 2.88. The molecule has 0 spiro atoms. The number of benzene rings is 3. The van der Waals surface area contributed by atoms with Gasteiger partial charge in [0.15, 0.2) is 11.6 Å². The SMILES string of the molecule is CC=CC1CCC(c2ccc(-c3ccc(-c4ccc(CCCCC)c(F)c4F)cc3)cc2F)OC1. The van der Waals surface area contributed by atoms with Gasteiger partial charge < -0.3 is 4.74 Å². The summed E-state index contributed by atoms with van der Waals surface area (Å²) >= 11 is 0. The summed E-state index contributed by atoms with van der Waals surface area (Å²) in [4.78, 5) is 0. The minimum Gasteiger partial charge on any atom is -0.373 e. The maximum absolute atomic E-state index is 15.0. The van der Waals surface area contributed by atoms with Gasteiger partial charge in [0.25, 0.3) is 0 Å². The van der Waals surface area contributed by atoms with Crippen LogP contribution in [0, 0.1) is 23.4 Å². The smallest absolute Gasteiger partial charge is 0.166 e. The van der Waals surface area contributed by atoms with Gasteiger partial charge >= 0.3 is 0 Å². The van der Waals surface area contributed by atoms with E-state index in [0.717, 1.165) is 43.2 Å². The fraction of sp³-hybridized carbons (Fsp3) is 0.355. The molecule has 0 bridgehead atoms. The number of aryl methyl sites for hydroxylation is 1. The highest BCUT2D eigenvalue weighted by Crippen LogP contribution is 2.35. The molecule has 1 nitrogen and oxygen atoms in total. The van der Waals surface area contributed by atoms with Crippen molar-refractivity contribution in [2.75, 3.05) is 6.61 Å². The number of hydrogen-bond acceptors (Lipinski definition) is 1. The number of unbranched alkanes of at least 4 members (excludes halogenated alkanes) is 2. The van der Waals surface area contributed by atoms with Crippen molar-refractivity contribution in [3.8, 4) is 22.3 Å². The van der Waals surface area contributed by atoms with E-state index < -0.39 is 11.6 Å². The molecule has 2 atom stereocenters. The summed E-state index contributed by atoms with van der Waals surface area (Å²) in [6, 6.07) is 15.7. The molecule has 1 heterocycles. The molecule has 2 unspecified atom stereocenters. The van der Waals surface area contributed by atoms with Gasteiger partial charge in [-0.3, -0.25) is 0 Å². The average molecular weight is 479 g/mol. The van der Waals surface area contributed by atoms with Crippen LogP contribution in [0.4, 0.5) is 13.2 Å². The van der Waals surface area contributed by atoms with E-state index in [9.17, 15) is 13.2 Å². The Morgan fingerprint density at radius 2 is 1.60 bits per heavy atom. The first-order chi connectivity index (χ1) is 17.0. The number of halogens is 3. The van der Waals surface area contributed by atoms with E-state index in [1.807, 2.05) is 31.2 Å². The van der Waals surface area contributed by atoms with Gasteiger partial charge in [-0.2, -0.15) is 0 Å². The summed E-state index contributed by atoms with van der Waals surface area (Å²) in [5.41, 5.74) is 3.38. The van der Waals surface area contributed by atoms with E-state index >= 15 is 0 Å². The lowest BCUT2D eigenvalue weighted by molar-refractivity contribution is -0.00711. The van der Waals surface area contributed by atoms with Crippen LogP contribution in [0.5, 0.6) is 0 Å². The van der Waals surface area contributed by atoms with Gasteiger partial charge in [-0.1, -0.05) is 80.4 Å². The lowest BCUT2D eigenvalue weighted by atomic mass is 9.92. The molecule has 0 amide bonds. The third-order valence-electron chi connectivity index (χ3n) is 6.86. The first-order valence-corrected chi connectivity index (χ1v) is 12.6. The number of rotatable bonds is 8. The van der Waals surface area contributed by atoms with E-state index in [0.29, 0.717) is 35.6 Å². The largest absolute Gasteiger partial charge is 0.373 e. The fourth-order valence-corrected chi connectivity index (χ4v) is 4.82. The lowest BCUT2D eigenvalue weighted by Gasteiger charge is -2.28. The van der Waals surface area contributed by atoms with Crippen LogP contribution >= 0.6 is 0 Å². The molecule has 1 aliphatic heterocycles. The summed E-state index contributed by atoms with van der Waals surface area (Å²) in [6.45, 7) is 4.68. The van der Waals surface area contributed by atoms with Gasteiger partial charge in [0.2, 0.25) is 0 Å². The van der Waals surface area contributed by atoms with Crippen LogP contribution in [-0.4, -0.2) is 6.61 Å². The molecule has 3 aromatic carbocycles. The van der Waals surface area contributed by atoms with Crippen molar-refractivity contribution in [2.24, 2.45) is 5.92 Å². The van der Waals surface area contributed by atoms with Crippen molar-refractivity contribution in [3.63, 3.8) is 0 Å². The van der Waals surface area contributed by atoms with Gasteiger partial charge in [-0.25, -0.2) is 13.2 Å². The molecule has 4 heteroatoms. The maximum Gasteiger partial charge on any atom is 0.166 e. The van der Waals surface area contributed by atoms with Gasteiger partial charge in [-0.05, 0) is 60.9 Å². The van der Waals surface area contributed by atoms with Gasteiger partial charge in [0.1, 0.15) is 5.82 Å². The normalized spacial score (nSPS) is 18.3. The summed E-state index contributed by atoms with van der Waals surface area (Å²) in [5, 5.41) is 0. The van der Waals surface area contributed by atoms with Gasteiger partial charge in [-0.15, -0.1) is 0 Å². The second kappa shape index (κ2) is 11.7. The number of allylic oxidation sites excluding steroid dienone is 1. The summed E-state index contributed by atoms with van der Waals surface area (Å²) in [5.74, 6) is -1.46. The Kier molecular flexibility index (Phi) is 8.46. The summed E-state index contributed by atoms with van der Waals surface area (Å²) < 4.78 is 50.3. The van der Waals surface area contributed by atoms with Crippen molar-refractivity contribution >= 4 is 0 Å². The molecule has 1 aliphatic rings. The highest BCUT2D eigenvalue weighted by atomic mass is 19.2. The lowest BCUT2D eigenvalue weighted by Crippen LogP contribution is -2.20. The molecular formula is C31H33F3O. The van der Waals surface area contributed by atoms with Crippen LogP contribution in [0.2, 0.25) is 0 Å². The molecular weight excluding hydrogens is 445 g/mol. The van der Waals surface area contributed by atoms with E-state index in [1.165, 1.54) is 6.07 Å². The number of ether oxygens (including phenoxy) is 1. The molecule has 184 valence electrons. The third-order valence-corrected chi connectivity index (χ3v) is 6.86. The Balaban J connectivity index is 1.48. The topological polar surface area (TPSA) is 9.23 Å². The summed E-state index contributed by atoms with van der Waals surface area (Å²) in [7, 11) is 0. The van der Waals surface area contributed by atoms with Crippen LogP contribution < -0.4 is 0 Å². The van der Waals surface area contributed by atoms with Crippen LogP contribution in [0.3, 0.4) is 0 Å². The van der Waals surface area contributed by atoms with E-state index in [2.05, 4.69) is 13.0 Å². The first-order valence-electron chi connectivity index (χ1n) is 12.6. The van der Waals surface area contributed by atoms with Gasteiger partial charge in [0, 0.05) is 17.0 Å². The van der Waals surface area contributed by atoms with Crippen LogP contribution in [0.25, 0.3) is 22.3 Å². The molecule has 1 saturated heterocycles. The Morgan fingerprint density at radius 3 is 2.26 bits per heavy atom. The van der Waals surface area contributed by atoms with Crippen LogP contribution in [-0.2, 0) is 11.2 Å². The third kappa shape index (κ3) is 5.87. The van der Waals surface area contributed by atoms with Crippen molar-refractivity contribution < 1.29 is 17.9 Å². The molecule has 0 N–H and O–H groups in total. The Bertz CT molecular complexity index is 1160. The molecule has 0 aliphatic carbocycles. The Labute approximate surface area is 206 Å². The molecule has 0 aromatic heterocycles. The maximum atomic E-state index is 15.0. The minimum absolute atomic E-state index is 0.226. The standard InChI is InChI=1S/C31H33F3O/c1-3-5-6-8-24-14-16-26(31(34)30(24)33)23-12-10-22(11-13-23)25-15-17-27(28(32)19-25)29-18-9-21(7-4-2)20-35-29/h4,7,10-17,19,21,29H,3,5-6,8-9,18,20H2,1-2H3. The van der Waals surface area contributed by atoms with E-state index in [4.69, 9.17) is 4.74 Å². The van der Waals surface area contributed by atoms with Crippen molar-refractivity contribution in [3.05, 3.63) is 95.3 Å². The van der Waals surface area contributed by atoms with Crippen molar-refractivity contribution in [1.29, 1.82) is 0 Å². The fourth-order valence-electron chi connectivity index (χ4n) is 4.82. The zero-order valence-electron chi connectivity index (χ0n) is 20.5. The molecule has 4 rings (SSSR count). The van der Waals surface area contributed by atoms with Crippen molar-refractivity contribution in [1.82, 2.24) is 0 Å². The highest BCUT2D eigenvalue weighted by Gasteiger charge is 2.24. The Hall–Kier alpha value is -2.85. The second-order valence-electron chi connectivity index (χ2n) is 9.36. The molecule has 1 fully saturated rings. The Morgan fingerprint density at radius 1 is 0.857 bits per heavy atom. The van der Waals surface area contributed by atoms with Crippen LogP contribution in [0.1, 0.15) is 63.2 Å². The van der Waals surface area contributed by atoms with E-state index in [-0.39, 0.29) is 17.5 Å². The number of hydrogen-bond donors (Lipinski definition) is 0. The van der Waals surface area contributed by atoms with E-state index in [1.54, 1.807) is 30.3 Å². The molecule has 3 aromatic rings. The quantitative estimate of drug-likeness (QED) is 0.232. The zero-order chi connectivity index (χ0) is 24.8. The molecule has 0 radical (unpaired) electrons. The second-order valence-corrected chi connectivity index (χ2v) is 9.36. The predicted octanol–water partition coefficient (Wildman–Crippen LogP) is 9.21. The zero-order valence-corrected chi connectivity index (χ0v) is 20.5. The van der Waals surface area contributed by atoms with Crippen molar-refractivity contribution in [2.45, 2.75) is 58.5 Å². The van der Waals surface area contributed by atoms with Gasteiger partial charge in [0.05, 0.1) is 12.7 Å². The van der Waals surface area contributed by atoms with Crippen LogP contribution in [0.15, 0.2) is 66.7 Å². The monoisotopic (exact) mass is 478 g/mol. The predicted molar refractivity (Wildman–Crippen MR) is 137 cm³/mol. The first kappa shape index (κ1) is 25.2.